The van der Waals surface area contributed by atoms with Crippen LogP contribution < -0.4 is 10.1 Å². The molecule has 0 bridgehead atoms. The normalized spacial score (nSPS) is 16.1. The van der Waals surface area contributed by atoms with E-state index in [-0.39, 0.29) is 17.7 Å². The van der Waals surface area contributed by atoms with Gasteiger partial charge in [0.1, 0.15) is 10.8 Å². The maximum absolute atomic E-state index is 13.0. The number of benzene rings is 2. The Balaban J connectivity index is 1.42. The minimum atomic E-state index is -0.271. The zero-order valence-electron chi connectivity index (χ0n) is 17.5. The predicted octanol–water partition coefficient (Wildman–Crippen LogP) is 4.13. The Bertz CT molecular complexity index is 1080. The van der Waals surface area contributed by atoms with Crippen LogP contribution in [0.3, 0.4) is 0 Å². The van der Waals surface area contributed by atoms with Crippen molar-refractivity contribution < 1.29 is 14.3 Å². The van der Waals surface area contributed by atoms with E-state index in [1.807, 2.05) is 48.2 Å². The zero-order chi connectivity index (χ0) is 21.8. The van der Waals surface area contributed by atoms with E-state index in [0.717, 1.165) is 29.1 Å². The van der Waals surface area contributed by atoms with E-state index in [1.54, 1.807) is 19.2 Å². The first-order valence-corrected chi connectivity index (χ1v) is 11.0. The molecule has 2 aromatic carbocycles. The Morgan fingerprint density at radius 2 is 1.97 bits per heavy atom. The smallest absolute Gasteiger partial charge is 0.286 e. The molecule has 0 spiro atoms. The third kappa shape index (κ3) is 4.91. The Morgan fingerprint density at radius 3 is 2.74 bits per heavy atom. The number of carbonyl (C=O) groups excluding carboxylic acids is 2. The maximum Gasteiger partial charge on any atom is 0.286 e. The molecule has 0 aliphatic carbocycles. The summed E-state index contributed by atoms with van der Waals surface area (Å²) in [7, 11) is 1.59. The number of nitrogens with zero attached hydrogens (tertiary/aromatic N) is 3. The molecule has 2 amide bonds. The van der Waals surface area contributed by atoms with E-state index < -0.39 is 0 Å². The molecule has 3 aromatic rings. The number of nitrogens with one attached hydrogen (secondary N) is 1. The summed E-state index contributed by atoms with van der Waals surface area (Å²) in [6.45, 7) is 3.26. The fraction of sp³-hybridized carbons (Fsp3) is 0.304. The summed E-state index contributed by atoms with van der Waals surface area (Å²) in [5, 5.41) is 12.3. The van der Waals surface area contributed by atoms with Crippen LogP contribution in [0.2, 0.25) is 0 Å². The molecule has 7 nitrogen and oxygen atoms in total. The molecule has 1 aromatic heterocycles. The number of carbonyl (C=O) groups is 2. The van der Waals surface area contributed by atoms with E-state index in [0.29, 0.717) is 29.4 Å². The van der Waals surface area contributed by atoms with Crippen LogP contribution in [0.5, 0.6) is 5.75 Å². The van der Waals surface area contributed by atoms with Crippen LogP contribution >= 0.6 is 11.3 Å². The number of hydrogen-bond donors (Lipinski definition) is 1. The van der Waals surface area contributed by atoms with Gasteiger partial charge in [0.05, 0.1) is 7.11 Å². The minimum absolute atomic E-state index is 0.0227. The lowest BCUT2D eigenvalue weighted by Gasteiger charge is -2.31. The van der Waals surface area contributed by atoms with Crippen LogP contribution in [0, 0.1) is 6.92 Å². The molecule has 1 aliphatic rings. The lowest BCUT2D eigenvalue weighted by Crippen LogP contribution is -2.39. The maximum atomic E-state index is 13.0. The highest BCUT2D eigenvalue weighted by Crippen LogP contribution is 2.30. The van der Waals surface area contributed by atoms with Gasteiger partial charge in [0, 0.05) is 30.3 Å². The minimum Gasteiger partial charge on any atom is -0.497 e. The van der Waals surface area contributed by atoms with E-state index in [9.17, 15) is 9.59 Å². The van der Waals surface area contributed by atoms with Gasteiger partial charge in [0.15, 0.2) is 0 Å². The second kappa shape index (κ2) is 9.26. The van der Waals surface area contributed by atoms with Crippen molar-refractivity contribution in [2.24, 2.45) is 0 Å². The third-order valence-electron chi connectivity index (χ3n) is 5.32. The van der Waals surface area contributed by atoms with Crippen molar-refractivity contribution in [1.29, 1.82) is 0 Å². The van der Waals surface area contributed by atoms with E-state index in [2.05, 4.69) is 15.5 Å². The second-order valence-corrected chi connectivity index (χ2v) is 8.60. The summed E-state index contributed by atoms with van der Waals surface area (Å²) < 4.78 is 5.23. The highest BCUT2D eigenvalue weighted by atomic mass is 32.1. The molecule has 0 radical (unpaired) electrons. The lowest BCUT2D eigenvalue weighted by atomic mass is 9.98. The van der Waals surface area contributed by atoms with Crippen molar-refractivity contribution in [3.63, 3.8) is 0 Å². The quantitative estimate of drug-likeness (QED) is 0.650. The van der Waals surface area contributed by atoms with Crippen molar-refractivity contribution in [1.82, 2.24) is 15.1 Å². The predicted molar refractivity (Wildman–Crippen MR) is 120 cm³/mol. The molecule has 1 aliphatic heterocycles. The number of methoxy groups -OCH3 is 1. The third-order valence-corrected chi connectivity index (χ3v) is 6.40. The van der Waals surface area contributed by atoms with Crippen LogP contribution in [0.15, 0.2) is 48.5 Å². The number of aromatic nitrogens is 2. The molecule has 1 atom stereocenters. The average Bonchev–Trinajstić information content (AvgIpc) is 3.31. The van der Waals surface area contributed by atoms with Crippen LogP contribution in [0.4, 0.5) is 5.69 Å². The molecule has 2 heterocycles. The largest absolute Gasteiger partial charge is 0.497 e. The van der Waals surface area contributed by atoms with Gasteiger partial charge < -0.3 is 15.0 Å². The van der Waals surface area contributed by atoms with Gasteiger partial charge in [-0.2, -0.15) is 0 Å². The van der Waals surface area contributed by atoms with Crippen molar-refractivity contribution in [2.75, 3.05) is 25.5 Å². The summed E-state index contributed by atoms with van der Waals surface area (Å²) in [5.41, 5.74) is 2.46. The number of rotatable bonds is 5. The number of anilines is 1. The summed E-state index contributed by atoms with van der Waals surface area (Å²) in [6.07, 6.45) is 1.79. The van der Waals surface area contributed by atoms with Crippen LogP contribution in [-0.2, 0) is 0 Å². The highest BCUT2D eigenvalue weighted by Gasteiger charge is 2.28. The van der Waals surface area contributed by atoms with Gasteiger partial charge in [-0.15, -0.1) is 10.2 Å². The molecule has 0 unspecified atom stereocenters. The molecular weight excluding hydrogens is 412 g/mol. The first kappa shape index (κ1) is 21.0. The molecule has 1 saturated heterocycles. The Kier molecular flexibility index (Phi) is 6.27. The van der Waals surface area contributed by atoms with E-state index >= 15 is 0 Å². The molecule has 1 N–H and O–H groups in total. The summed E-state index contributed by atoms with van der Waals surface area (Å²) in [4.78, 5) is 27.3. The molecule has 8 heteroatoms. The van der Waals surface area contributed by atoms with Crippen molar-refractivity contribution in [2.45, 2.75) is 25.7 Å². The van der Waals surface area contributed by atoms with Crippen molar-refractivity contribution in [3.8, 4) is 5.75 Å². The Labute approximate surface area is 185 Å². The van der Waals surface area contributed by atoms with E-state index in [1.165, 1.54) is 11.3 Å². The zero-order valence-corrected chi connectivity index (χ0v) is 18.3. The van der Waals surface area contributed by atoms with Gasteiger partial charge in [0.25, 0.3) is 11.8 Å². The highest BCUT2D eigenvalue weighted by molar-refractivity contribution is 7.13. The monoisotopic (exact) mass is 436 g/mol. The first-order chi connectivity index (χ1) is 15.0. The van der Waals surface area contributed by atoms with Gasteiger partial charge in [-0.05, 0) is 50.1 Å². The van der Waals surface area contributed by atoms with Gasteiger partial charge in [-0.1, -0.05) is 35.1 Å². The van der Waals surface area contributed by atoms with Gasteiger partial charge in [-0.25, -0.2) is 0 Å². The first-order valence-electron chi connectivity index (χ1n) is 10.2. The standard InChI is InChI=1S/C23H24N4O3S/c1-15-8-10-18(11-9-15)24-20(28)22-26-25-21(31-22)17-6-4-12-27(14-17)23(29)16-5-3-7-19(13-16)30-2/h3,5,7-11,13,17H,4,6,12,14H2,1-2H3,(H,24,28)/t17-/m1/s1. The van der Waals surface area contributed by atoms with Gasteiger partial charge in [0.2, 0.25) is 5.01 Å². The summed E-state index contributed by atoms with van der Waals surface area (Å²) in [6, 6.07) is 14.8. The van der Waals surface area contributed by atoms with Crippen LogP contribution in [0.1, 0.15) is 49.5 Å². The fourth-order valence-electron chi connectivity index (χ4n) is 3.61. The number of ether oxygens (including phenoxy) is 1. The van der Waals surface area contributed by atoms with Crippen LogP contribution in [0.25, 0.3) is 0 Å². The average molecular weight is 437 g/mol. The number of amides is 2. The topological polar surface area (TPSA) is 84.4 Å². The summed E-state index contributed by atoms with van der Waals surface area (Å²) >= 11 is 1.29. The molecule has 31 heavy (non-hydrogen) atoms. The second-order valence-electron chi connectivity index (χ2n) is 7.59. The van der Waals surface area contributed by atoms with Crippen molar-refractivity contribution >= 4 is 28.8 Å². The number of piperidine rings is 1. The molecule has 4 rings (SSSR count). The SMILES string of the molecule is COc1cccc(C(=O)N2CCC[C@@H](c3nnc(C(=O)Nc4ccc(C)cc4)s3)C2)c1. The van der Waals surface area contributed by atoms with Gasteiger partial charge in [-0.3, -0.25) is 9.59 Å². The molecular formula is C23H24N4O3S. The van der Waals surface area contributed by atoms with E-state index in [4.69, 9.17) is 4.74 Å². The lowest BCUT2D eigenvalue weighted by molar-refractivity contribution is 0.0706. The number of likely N-dealkylation sites (tertiary alicyclic amines) is 1. The van der Waals surface area contributed by atoms with Gasteiger partial charge >= 0.3 is 0 Å². The number of aryl methyl sites for hydroxylation is 1. The molecule has 1 fully saturated rings. The number of hydrogen-bond acceptors (Lipinski definition) is 6. The van der Waals surface area contributed by atoms with Crippen molar-refractivity contribution in [3.05, 3.63) is 69.7 Å². The Morgan fingerprint density at radius 1 is 1.16 bits per heavy atom. The van der Waals surface area contributed by atoms with Crippen LogP contribution in [-0.4, -0.2) is 47.1 Å². The molecule has 160 valence electrons. The molecule has 0 saturated carbocycles. The summed E-state index contributed by atoms with van der Waals surface area (Å²) in [5.74, 6) is 0.438. The fourth-order valence-corrected chi connectivity index (χ4v) is 4.48. The Hall–Kier alpha value is -3.26.